The first-order valence-electron chi connectivity index (χ1n) is 11.2. The Morgan fingerprint density at radius 2 is 1.88 bits per heavy atom. The standard InChI is InChI=1S/C25H31N3O5S/c1-7-31-18-11-15(13-26)9-10-17(18)33-14-19(29)27-22-20(23(30)32-8-2)16-12-24(3,4)28-25(5,6)21(16)34-22/h9-11,28H,7-8,12,14H2,1-6H3,(H,27,29). The van der Waals surface area contributed by atoms with Crippen LogP contribution in [0.4, 0.5) is 5.00 Å². The van der Waals surface area contributed by atoms with Crippen molar-refractivity contribution in [2.45, 2.75) is 59.0 Å². The Labute approximate surface area is 204 Å². The first kappa shape index (κ1) is 25.5. The van der Waals surface area contributed by atoms with Gasteiger partial charge in [-0.15, -0.1) is 11.3 Å². The van der Waals surface area contributed by atoms with Gasteiger partial charge in [-0.05, 0) is 65.7 Å². The molecule has 34 heavy (non-hydrogen) atoms. The lowest BCUT2D eigenvalue weighted by Gasteiger charge is -2.42. The summed E-state index contributed by atoms with van der Waals surface area (Å²) in [5, 5.41) is 16.0. The van der Waals surface area contributed by atoms with Crippen molar-refractivity contribution in [3.8, 4) is 17.6 Å². The van der Waals surface area contributed by atoms with Crippen LogP contribution in [0.1, 0.15) is 67.9 Å². The van der Waals surface area contributed by atoms with E-state index in [-0.39, 0.29) is 24.3 Å². The summed E-state index contributed by atoms with van der Waals surface area (Å²) in [7, 11) is 0. The number of esters is 1. The van der Waals surface area contributed by atoms with Crippen molar-refractivity contribution in [3.05, 3.63) is 39.8 Å². The third-order valence-electron chi connectivity index (χ3n) is 5.31. The topological polar surface area (TPSA) is 110 Å². The second kappa shape index (κ2) is 10.0. The lowest BCUT2D eigenvalue weighted by Crippen LogP contribution is -2.55. The van der Waals surface area contributed by atoms with Gasteiger partial charge in [0.1, 0.15) is 5.00 Å². The Balaban J connectivity index is 1.86. The summed E-state index contributed by atoms with van der Waals surface area (Å²) in [6.07, 6.45) is 0.631. The monoisotopic (exact) mass is 485 g/mol. The van der Waals surface area contributed by atoms with Crippen LogP contribution in [0.2, 0.25) is 0 Å². The van der Waals surface area contributed by atoms with Gasteiger partial charge in [-0.1, -0.05) is 0 Å². The fraction of sp³-hybridized carbons (Fsp3) is 0.480. The molecule has 3 rings (SSSR count). The number of anilines is 1. The number of nitrogens with one attached hydrogen (secondary N) is 2. The quantitative estimate of drug-likeness (QED) is 0.534. The third kappa shape index (κ3) is 5.51. The molecule has 0 unspecified atom stereocenters. The zero-order valence-electron chi connectivity index (χ0n) is 20.5. The molecule has 182 valence electrons. The van der Waals surface area contributed by atoms with Gasteiger partial charge in [0.05, 0.1) is 30.4 Å². The number of carbonyl (C=O) groups is 2. The zero-order valence-corrected chi connectivity index (χ0v) is 21.3. The van der Waals surface area contributed by atoms with Crippen LogP contribution >= 0.6 is 11.3 Å². The Hall–Kier alpha value is -3.09. The molecule has 9 heteroatoms. The Morgan fingerprint density at radius 1 is 1.15 bits per heavy atom. The first-order chi connectivity index (χ1) is 16.0. The van der Waals surface area contributed by atoms with Crippen molar-refractivity contribution in [2.24, 2.45) is 0 Å². The second-order valence-electron chi connectivity index (χ2n) is 9.19. The maximum atomic E-state index is 12.9. The van der Waals surface area contributed by atoms with Crippen molar-refractivity contribution in [1.29, 1.82) is 5.26 Å². The molecular weight excluding hydrogens is 454 g/mol. The highest BCUT2D eigenvalue weighted by Crippen LogP contribution is 2.45. The maximum absolute atomic E-state index is 12.9. The van der Waals surface area contributed by atoms with Gasteiger partial charge in [0.2, 0.25) is 0 Å². The van der Waals surface area contributed by atoms with E-state index >= 15 is 0 Å². The summed E-state index contributed by atoms with van der Waals surface area (Å²) in [6.45, 7) is 12.2. The summed E-state index contributed by atoms with van der Waals surface area (Å²) >= 11 is 1.38. The molecule has 1 aliphatic rings. The normalized spacial score (nSPS) is 15.6. The highest BCUT2D eigenvalue weighted by atomic mass is 32.1. The SMILES string of the molecule is CCOC(=O)c1c(NC(=O)COc2ccc(C#N)cc2OCC)sc2c1CC(C)(C)NC2(C)C. The maximum Gasteiger partial charge on any atom is 0.341 e. The Bertz CT molecular complexity index is 1130. The summed E-state index contributed by atoms with van der Waals surface area (Å²) in [5.41, 5.74) is 1.14. The van der Waals surface area contributed by atoms with Crippen molar-refractivity contribution < 1.29 is 23.8 Å². The molecule has 1 amide bonds. The molecule has 2 N–H and O–H groups in total. The Kier molecular flexibility index (Phi) is 7.54. The number of hydrogen-bond donors (Lipinski definition) is 2. The predicted molar refractivity (Wildman–Crippen MR) is 131 cm³/mol. The van der Waals surface area contributed by atoms with E-state index in [2.05, 4.69) is 44.4 Å². The van der Waals surface area contributed by atoms with E-state index in [1.54, 1.807) is 25.1 Å². The first-order valence-corrected chi connectivity index (χ1v) is 12.0. The third-order valence-corrected chi connectivity index (χ3v) is 6.78. The molecule has 0 aliphatic carbocycles. The van der Waals surface area contributed by atoms with Crippen LogP contribution in [-0.4, -0.2) is 37.2 Å². The summed E-state index contributed by atoms with van der Waals surface area (Å²) in [6, 6.07) is 6.81. The Morgan fingerprint density at radius 3 is 2.53 bits per heavy atom. The van der Waals surface area contributed by atoms with Gasteiger partial charge < -0.3 is 24.8 Å². The van der Waals surface area contributed by atoms with Gasteiger partial charge >= 0.3 is 5.97 Å². The molecule has 2 heterocycles. The molecule has 0 radical (unpaired) electrons. The van der Waals surface area contributed by atoms with Crippen LogP contribution in [0.5, 0.6) is 11.5 Å². The molecule has 1 aromatic heterocycles. The number of benzene rings is 1. The molecule has 8 nitrogen and oxygen atoms in total. The zero-order chi connectivity index (χ0) is 25.1. The van der Waals surface area contributed by atoms with Gasteiger partial charge in [-0.2, -0.15) is 5.26 Å². The molecule has 0 saturated carbocycles. The fourth-order valence-electron chi connectivity index (χ4n) is 4.31. The largest absolute Gasteiger partial charge is 0.490 e. The van der Waals surface area contributed by atoms with E-state index in [0.717, 1.165) is 10.4 Å². The molecule has 0 spiro atoms. The van der Waals surface area contributed by atoms with E-state index in [1.165, 1.54) is 11.3 Å². The minimum absolute atomic E-state index is 0.228. The number of amides is 1. The number of fused-ring (bicyclic) bond motifs is 1. The second-order valence-corrected chi connectivity index (χ2v) is 10.2. The van der Waals surface area contributed by atoms with Gasteiger partial charge in [-0.25, -0.2) is 4.79 Å². The average molecular weight is 486 g/mol. The summed E-state index contributed by atoms with van der Waals surface area (Å²) in [5.74, 6) is -0.112. The van der Waals surface area contributed by atoms with E-state index in [9.17, 15) is 9.59 Å². The minimum atomic E-state index is -0.449. The van der Waals surface area contributed by atoms with Crippen LogP contribution in [0.3, 0.4) is 0 Å². The van der Waals surface area contributed by atoms with Gasteiger partial charge in [-0.3, -0.25) is 4.79 Å². The van der Waals surface area contributed by atoms with Crippen LogP contribution in [0.15, 0.2) is 18.2 Å². The number of ether oxygens (including phenoxy) is 3. The van der Waals surface area contributed by atoms with Gasteiger partial charge in [0.15, 0.2) is 18.1 Å². The number of rotatable bonds is 8. The summed E-state index contributed by atoms with van der Waals surface area (Å²) in [4.78, 5) is 26.7. The number of hydrogen-bond acceptors (Lipinski definition) is 8. The molecule has 0 fully saturated rings. The van der Waals surface area contributed by atoms with Gasteiger partial charge in [0, 0.05) is 22.0 Å². The number of nitriles is 1. The van der Waals surface area contributed by atoms with Crippen LogP contribution in [-0.2, 0) is 21.5 Å². The van der Waals surface area contributed by atoms with Gasteiger partial charge in [0.25, 0.3) is 5.91 Å². The van der Waals surface area contributed by atoms with Crippen LogP contribution < -0.4 is 20.1 Å². The smallest absolute Gasteiger partial charge is 0.341 e. The average Bonchev–Trinajstić information content (AvgIpc) is 3.10. The van der Waals surface area contributed by atoms with Crippen molar-refractivity contribution in [2.75, 3.05) is 25.1 Å². The van der Waals surface area contributed by atoms with E-state index in [0.29, 0.717) is 40.7 Å². The predicted octanol–water partition coefficient (Wildman–Crippen LogP) is 4.37. The lowest BCUT2D eigenvalue weighted by molar-refractivity contribution is -0.118. The van der Waals surface area contributed by atoms with Crippen LogP contribution in [0.25, 0.3) is 0 Å². The van der Waals surface area contributed by atoms with Crippen LogP contribution in [0, 0.1) is 11.3 Å². The van der Waals surface area contributed by atoms with Crippen molar-refractivity contribution in [1.82, 2.24) is 5.32 Å². The number of carbonyl (C=O) groups excluding carboxylic acids is 2. The van der Waals surface area contributed by atoms with Crippen molar-refractivity contribution >= 4 is 28.2 Å². The highest BCUT2D eigenvalue weighted by Gasteiger charge is 2.42. The molecule has 1 aromatic carbocycles. The highest BCUT2D eigenvalue weighted by molar-refractivity contribution is 7.17. The number of nitrogens with zero attached hydrogens (tertiary/aromatic N) is 1. The molecule has 1 aliphatic heterocycles. The molecular formula is C25H31N3O5S. The van der Waals surface area contributed by atoms with Crippen molar-refractivity contribution in [3.63, 3.8) is 0 Å². The molecule has 0 bridgehead atoms. The number of thiophene rings is 1. The fourth-order valence-corrected chi connectivity index (χ4v) is 5.59. The molecule has 2 aromatic rings. The molecule has 0 atom stereocenters. The minimum Gasteiger partial charge on any atom is -0.490 e. The molecule has 0 saturated heterocycles. The van der Waals surface area contributed by atoms with E-state index < -0.39 is 11.9 Å². The summed E-state index contributed by atoms with van der Waals surface area (Å²) < 4.78 is 16.5. The van der Waals surface area contributed by atoms with E-state index in [1.807, 2.05) is 6.92 Å². The lowest BCUT2D eigenvalue weighted by atomic mass is 9.81. The van der Waals surface area contributed by atoms with E-state index in [4.69, 9.17) is 19.5 Å².